The van der Waals surface area contributed by atoms with Crippen LogP contribution in [0.2, 0.25) is 0 Å². The molecule has 0 spiro atoms. The van der Waals surface area contributed by atoms with Crippen molar-refractivity contribution in [2.45, 2.75) is 258 Å². The molecule has 0 N–H and O–H groups in total. The molecule has 9 nitrogen and oxygen atoms in total. The molecule has 0 aliphatic heterocycles. The molecule has 0 aliphatic carbocycles. The first kappa shape index (κ1) is 71.9. The van der Waals surface area contributed by atoms with Crippen molar-refractivity contribution in [3.63, 3.8) is 0 Å². The number of ether oxygens (including phenoxy) is 2. The highest BCUT2D eigenvalue weighted by Gasteiger charge is 2.22. The van der Waals surface area contributed by atoms with Gasteiger partial charge in [-0.1, -0.05) is 239 Å². The Morgan fingerprint density at radius 3 is 1.15 bits per heavy atom. The molecule has 0 saturated carbocycles. The fourth-order valence-corrected chi connectivity index (χ4v) is 8.89. The van der Waals surface area contributed by atoms with Gasteiger partial charge < -0.3 is 27.9 Å². The molecule has 0 rings (SSSR count). The van der Waals surface area contributed by atoms with E-state index in [4.69, 9.17) is 18.5 Å². The van der Waals surface area contributed by atoms with Gasteiger partial charge in [-0.2, -0.15) is 0 Å². The number of phosphoric ester groups is 1. The van der Waals surface area contributed by atoms with E-state index < -0.39 is 32.5 Å². The molecule has 0 fully saturated rings. The van der Waals surface area contributed by atoms with Gasteiger partial charge in [0.15, 0.2) is 6.10 Å². The Hall–Kier alpha value is -3.07. The van der Waals surface area contributed by atoms with Crippen LogP contribution in [-0.2, 0) is 32.7 Å². The zero-order chi connectivity index (χ0) is 54.9. The topological polar surface area (TPSA) is 111 Å². The van der Waals surface area contributed by atoms with Gasteiger partial charge in [0.2, 0.25) is 0 Å². The number of allylic oxidation sites excluding steroid dienone is 16. The van der Waals surface area contributed by atoms with Gasteiger partial charge in [0.25, 0.3) is 7.82 Å². The van der Waals surface area contributed by atoms with Crippen LogP contribution in [0.4, 0.5) is 0 Å². The normalized spacial score (nSPS) is 13.9. The van der Waals surface area contributed by atoms with Gasteiger partial charge in [-0.25, -0.2) is 0 Å². The zero-order valence-electron chi connectivity index (χ0n) is 49.0. The van der Waals surface area contributed by atoms with Crippen LogP contribution in [0.1, 0.15) is 251 Å². The summed E-state index contributed by atoms with van der Waals surface area (Å²) in [5, 5.41) is 0. The molecule has 2 atom stereocenters. The van der Waals surface area contributed by atoms with Crippen LogP contribution in [0.3, 0.4) is 0 Å². The number of hydrogen-bond donors (Lipinski definition) is 0. The minimum absolute atomic E-state index is 0.0345. The highest BCUT2D eigenvalue weighted by atomic mass is 31.2. The molecule has 0 bridgehead atoms. The Balaban J connectivity index is 4.03. The number of carbonyl (C=O) groups is 2. The zero-order valence-corrected chi connectivity index (χ0v) is 49.9. The molecule has 0 aromatic heterocycles. The molecule has 75 heavy (non-hydrogen) atoms. The van der Waals surface area contributed by atoms with Crippen molar-refractivity contribution >= 4 is 19.8 Å². The summed E-state index contributed by atoms with van der Waals surface area (Å²) >= 11 is 0. The van der Waals surface area contributed by atoms with Crippen LogP contribution in [0.5, 0.6) is 0 Å². The van der Waals surface area contributed by atoms with Gasteiger partial charge in [-0.3, -0.25) is 14.2 Å². The molecule has 10 heteroatoms. The first-order valence-corrected chi connectivity index (χ1v) is 31.9. The largest absolute Gasteiger partial charge is 0.756 e. The Kier molecular flexibility index (Phi) is 53.4. The number of phosphoric acid groups is 1. The van der Waals surface area contributed by atoms with Crippen molar-refractivity contribution in [3.05, 3.63) is 97.2 Å². The number of esters is 2. The molecular formula is C65H114NO8P. The lowest BCUT2D eigenvalue weighted by Crippen LogP contribution is -2.37. The summed E-state index contributed by atoms with van der Waals surface area (Å²) in [7, 11) is 1.16. The molecule has 0 aliphatic rings. The van der Waals surface area contributed by atoms with Gasteiger partial charge in [0, 0.05) is 12.8 Å². The van der Waals surface area contributed by atoms with E-state index >= 15 is 0 Å². The molecule has 0 aromatic rings. The summed E-state index contributed by atoms with van der Waals surface area (Å²) in [4.78, 5) is 37.8. The predicted octanol–water partition coefficient (Wildman–Crippen LogP) is 18.6. The molecule has 0 saturated heterocycles. The molecule has 0 amide bonds. The highest BCUT2D eigenvalue weighted by Crippen LogP contribution is 2.38. The van der Waals surface area contributed by atoms with E-state index in [1.165, 1.54) is 116 Å². The third kappa shape index (κ3) is 60.0. The average Bonchev–Trinajstić information content (AvgIpc) is 3.37. The smallest absolute Gasteiger partial charge is 0.306 e. The third-order valence-corrected chi connectivity index (χ3v) is 13.8. The van der Waals surface area contributed by atoms with Crippen molar-refractivity contribution in [1.82, 2.24) is 0 Å². The molecule has 0 aromatic carbocycles. The Labute approximate surface area is 462 Å². The molecule has 2 unspecified atom stereocenters. The van der Waals surface area contributed by atoms with Crippen LogP contribution in [0, 0.1) is 0 Å². The number of hydrogen-bond acceptors (Lipinski definition) is 8. The summed E-state index contributed by atoms with van der Waals surface area (Å²) in [5.41, 5.74) is 0. The van der Waals surface area contributed by atoms with Crippen molar-refractivity contribution < 1.29 is 42.1 Å². The summed E-state index contributed by atoms with van der Waals surface area (Å²) in [5.74, 6) is -0.842. The average molecular weight is 1070 g/mol. The lowest BCUT2D eigenvalue weighted by molar-refractivity contribution is -0.870. The van der Waals surface area contributed by atoms with Crippen LogP contribution >= 0.6 is 7.82 Å². The van der Waals surface area contributed by atoms with Gasteiger partial charge in [-0.15, -0.1) is 0 Å². The number of rotatable bonds is 55. The van der Waals surface area contributed by atoms with Gasteiger partial charge in [0.05, 0.1) is 27.7 Å². The molecular weight excluding hydrogens is 954 g/mol. The second-order valence-electron chi connectivity index (χ2n) is 21.3. The minimum atomic E-state index is -4.64. The van der Waals surface area contributed by atoms with E-state index in [1.54, 1.807) is 0 Å². The fourth-order valence-electron chi connectivity index (χ4n) is 8.16. The summed E-state index contributed by atoms with van der Waals surface area (Å²) < 4.78 is 34.1. The summed E-state index contributed by atoms with van der Waals surface area (Å²) in [6.45, 7) is 4.11. The number of likely N-dealkylation sites (N-methyl/N-ethyl adjacent to an activating group) is 1. The van der Waals surface area contributed by atoms with Crippen LogP contribution < -0.4 is 4.89 Å². The monoisotopic (exact) mass is 1070 g/mol. The maximum atomic E-state index is 12.8. The van der Waals surface area contributed by atoms with E-state index in [9.17, 15) is 19.0 Å². The molecule has 0 heterocycles. The fraction of sp³-hybridized carbons (Fsp3) is 0.723. The van der Waals surface area contributed by atoms with Crippen molar-refractivity contribution in [2.24, 2.45) is 0 Å². The molecule has 0 radical (unpaired) electrons. The van der Waals surface area contributed by atoms with Crippen molar-refractivity contribution in [2.75, 3.05) is 47.5 Å². The maximum Gasteiger partial charge on any atom is 0.306 e. The van der Waals surface area contributed by atoms with Gasteiger partial charge in [-0.05, 0) is 96.3 Å². The van der Waals surface area contributed by atoms with E-state index in [0.29, 0.717) is 17.4 Å². The van der Waals surface area contributed by atoms with Crippen LogP contribution in [0.25, 0.3) is 0 Å². The summed E-state index contributed by atoms with van der Waals surface area (Å²) in [6, 6.07) is 0. The quantitative estimate of drug-likeness (QED) is 0.0195. The lowest BCUT2D eigenvalue weighted by atomic mass is 10.0. The lowest BCUT2D eigenvalue weighted by Gasteiger charge is -2.28. The first-order chi connectivity index (χ1) is 36.5. The van der Waals surface area contributed by atoms with Crippen molar-refractivity contribution in [3.8, 4) is 0 Å². The molecule has 432 valence electrons. The maximum absolute atomic E-state index is 12.8. The first-order valence-electron chi connectivity index (χ1n) is 30.4. The van der Waals surface area contributed by atoms with E-state index in [0.717, 1.165) is 103 Å². The standard InChI is InChI=1S/C65H114NO8P/c1-6-8-10-12-14-16-18-20-22-23-24-25-26-27-28-29-30-31-32-33-34-35-36-37-38-39-40-41-42-43-44-46-48-50-52-54-56-58-65(68)74-63(62-73-75(69,70)72-60-59-66(3,4)5)61-71-64(67)57-55-53-51-49-47-45-21-19-17-15-13-11-9-7-2/h8,10,14,16,19-22,24-25,27-28,30-31,33-34,63H,6-7,9,11-13,15,17-18,23,26,29,32,35-62H2,1-5H3/b10-8-,16-14-,21-19-,22-20-,25-24-,28-27-,31-30-,34-33-. The number of carbonyl (C=O) groups excluding carboxylic acids is 2. The van der Waals surface area contributed by atoms with E-state index in [1.807, 2.05) is 21.1 Å². The minimum Gasteiger partial charge on any atom is -0.756 e. The summed E-state index contributed by atoms with van der Waals surface area (Å²) in [6.07, 6.45) is 76.1. The number of unbranched alkanes of at least 4 members (excludes halogenated alkanes) is 25. The van der Waals surface area contributed by atoms with Gasteiger partial charge >= 0.3 is 11.9 Å². The van der Waals surface area contributed by atoms with E-state index in [2.05, 4.69) is 111 Å². The van der Waals surface area contributed by atoms with Crippen molar-refractivity contribution in [1.29, 1.82) is 0 Å². The van der Waals surface area contributed by atoms with Gasteiger partial charge in [0.1, 0.15) is 19.8 Å². The Bertz CT molecular complexity index is 1590. The number of quaternary nitrogens is 1. The predicted molar refractivity (Wildman–Crippen MR) is 319 cm³/mol. The highest BCUT2D eigenvalue weighted by molar-refractivity contribution is 7.45. The second kappa shape index (κ2) is 55.7. The van der Waals surface area contributed by atoms with E-state index in [-0.39, 0.29) is 26.1 Å². The Morgan fingerprint density at radius 2 is 0.760 bits per heavy atom. The van der Waals surface area contributed by atoms with Crippen LogP contribution in [-0.4, -0.2) is 70.0 Å². The SMILES string of the molecule is CC/C=C\C/C=C\C/C=C\C/C=C\C/C=C\C/C=C\C/C=C\CCCCCCCCCCCCCCCCCC(=O)OC(COC(=O)CCCCCCC/C=C\CCCCCCC)COP(=O)([O-])OCC[N+](C)(C)C. The second-order valence-corrected chi connectivity index (χ2v) is 22.7. The number of nitrogens with zero attached hydrogens (tertiary/aromatic N) is 1. The van der Waals surface area contributed by atoms with Crippen LogP contribution in [0.15, 0.2) is 97.2 Å². The Morgan fingerprint density at radius 1 is 0.427 bits per heavy atom. The third-order valence-electron chi connectivity index (χ3n) is 12.8.